The summed E-state index contributed by atoms with van der Waals surface area (Å²) in [7, 11) is 0. The lowest BCUT2D eigenvalue weighted by molar-refractivity contribution is -0.131. The fraction of sp³-hybridized carbons (Fsp3) is 0.400. The molecule has 0 saturated heterocycles. The van der Waals surface area contributed by atoms with E-state index in [4.69, 9.17) is 18.0 Å². The lowest BCUT2D eigenvalue weighted by Gasteiger charge is -2.19. The maximum atomic E-state index is 12.4. The van der Waals surface area contributed by atoms with Crippen LogP contribution in [0.4, 0.5) is 0 Å². The molecule has 112 valence electrons. The standard InChI is InChI=1S/C15H20N4OS/c1-3-18(4-2)15(20)10-19-12-8-6-5-7-11(12)17-14(19)9-13(16)21/h5-8H,3-4,9-10H2,1-2H3,(H2,16,21). The maximum absolute atomic E-state index is 12.4. The molecular formula is C15H20N4OS. The summed E-state index contributed by atoms with van der Waals surface area (Å²) in [5.74, 6) is 0.816. The SMILES string of the molecule is CCN(CC)C(=O)Cn1c(CC(N)=S)nc2ccccc21. The number of carbonyl (C=O) groups excluding carboxylic acids is 1. The highest BCUT2D eigenvalue weighted by Crippen LogP contribution is 2.17. The fourth-order valence-corrected chi connectivity index (χ4v) is 2.53. The summed E-state index contributed by atoms with van der Waals surface area (Å²) < 4.78 is 1.91. The van der Waals surface area contributed by atoms with E-state index < -0.39 is 0 Å². The van der Waals surface area contributed by atoms with Crippen LogP contribution in [-0.4, -0.2) is 38.4 Å². The zero-order valence-corrected chi connectivity index (χ0v) is 13.2. The van der Waals surface area contributed by atoms with Crippen molar-refractivity contribution in [1.82, 2.24) is 14.5 Å². The zero-order chi connectivity index (χ0) is 15.4. The van der Waals surface area contributed by atoms with E-state index in [2.05, 4.69) is 4.98 Å². The minimum absolute atomic E-state index is 0.0762. The number of hydrogen-bond donors (Lipinski definition) is 1. The molecule has 0 aliphatic heterocycles. The number of hydrogen-bond acceptors (Lipinski definition) is 3. The molecule has 0 bridgehead atoms. The average molecular weight is 304 g/mol. The van der Waals surface area contributed by atoms with Crippen molar-refractivity contribution < 1.29 is 4.79 Å². The molecule has 1 aromatic heterocycles. The number of imidazole rings is 1. The predicted molar refractivity (Wildman–Crippen MR) is 88.2 cm³/mol. The number of rotatable bonds is 6. The molecule has 0 aliphatic rings. The summed E-state index contributed by atoms with van der Waals surface area (Å²) in [6.45, 7) is 5.62. The lowest BCUT2D eigenvalue weighted by atomic mass is 10.3. The molecule has 6 heteroatoms. The first-order valence-corrected chi connectivity index (χ1v) is 7.47. The first kappa shape index (κ1) is 15.4. The second-order valence-corrected chi connectivity index (χ2v) is 5.34. The van der Waals surface area contributed by atoms with Crippen LogP contribution in [-0.2, 0) is 17.8 Å². The molecule has 2 N–H and O–H groups in total. The van der Waals surface area contributed by atoms with Gasteiger partial charge < -0.3 is 15.2 Å². The van der Waals surface area contributed by atoms with Crippen LogP contribution in [0.1, 0.15) is 19.7 Å². The number of amides is 1. The number of fused-ring (bicyclic) bond motifs is 1. The van der Waals surface area contributed by atoms with Gasteiger partial charge in [0.25, 0.3) is 0 Å². The van der Waals surface area contributed by atoms with Crippen molar-refractivity contribution in [3.8, 4) is 0 Å². The molecule has 1 aromatic carbocycles. The van der Waals surface area contributed by atoms with Crippen LogP contribution in [0, 0.1) is 0 Å². The van der Waals surface area contributed by atoms with Gasteiger partial charge in [0.05, 0.1) is 22.4 Å². The highest BCUT2D eigenvalue weighted by Gasteiger charge is 2.16. The van der Waals surface area contributed by atoms with Crippen molar-refractivity contribution in [2.75, 3.05) is 13.1 Å². The van der Waals surface area contributed by atoms with Crippen molar-refractivity contribution in [3.63, 3.8) is 0 Å². The van der Waals surface area contributed by atoms with Crippen LogP contribution in [0.3, 0.4) is 0 Å². The van der Waals surface area contributed by atoms with E-state index in [1.54, 1.807) is 4.90 Å². The fourth-order valence-electron chi connectivity index (χ4n) is 2.40. The predicted octanol–water partition coefficient (Wildman–Crippen LogP) is 1.73. The van der Waals surface area contributed by atoms with Gasteiger partial charge in [-0.1, -0.05) is 24.4 Å². The number of thiocarbonyl (C=S) groups is 1. The maximum Gasteiger partial charge on any atom is 0.242 e. The molecule has 2 rings (SSSR count). The van der Waals surface area contributed by atoms with Crippen LogP contribution in [0.5, 0.6) is 0 Å². The van der Waals surface area contributed by atoms with Crippen molar-refractivity contribution in [2.45, 2.75) is 26.8 Å². The van der Waals surface area contributed by atoms with Gasteiger partial charge in [0, 0.05) is 13.1 Å². The van der Waals surface area contributed by atoms with Gasteiger partial charge in [0.1, 0.15) is 12.4 Å². The van der Waals surface area contributed by atoms with Crippen molar-refractivity contribution >= 4 is 34.1 Å². The number of carbonyl (C=O) groups is 1. The third-order valence-electron chi connectivity index (χ3n) is 3.48. The van der Waals surface area contributed by atoms with Crippen LogP contribution < -0.4 is 5.73 Å². The zero-order valence-electron chi connectivity index (χ0n) is 12.4. The molecule has 5 nitrogen and oxygen atoms in total. The summed E-state index contributed by atoms with van der Waals surface area (Å²) in [6, 6.07) is 7.75. The number of nitrogens with zero attached hydrogens (tertiary/aromatic N) is 3. The molecule has 0 aliphatic carbocycles. The van der Waals surface area contributed by atoms with E-state index in [1.165, 1.54) is 0 Å². The summed E-state index contributed by atoms with van der Waals surface area (Å²) in [6.07, 6.45) is 0.398. The summed E-state index contributed by atoms with van der Waals surface area (Å²) in [5.41, 5.74) is 7.43. The molecule has 0 saturated carbocycles. The second-order valence-electron chi connectivity index (χ2n) is 4.81. The van der Waals surface area contributed by atoms with Crippen molar-refractivity contribution in [3.05, 3.63) is 30.1 Å². The Morgan fingerprint density at radius 2 is 2.00 bits per heavy atom. The van der Waals surface area contributed by atoms with Crippen LogP contribution >= 0.6 is 12.2 Å². The Morgan fingerprint density at radius 1 is 1.33 bits per heavy atom. The Hall–Kier alpha value is -1.95. The molecular weight excluding hydrogens is 284 g/mol. The van der Waals surface area contributed by atoms with Crippen LogP contribution in [0.25, 0.3) is 11.0 Å². The average Bonchev–Trinajstić information content (AvgIpc) is 2.77. The highest BCUT2D eigenvalue weighted by atomic mass is 32.1. The van der Waals surface area contributed by atoms with Gasteiger partial charge in [-0.25, -0.2) is 4.98 Å². The van der Waals surface area contributed by atoms with E-state index in [0.29, 0.717) is 24.5 Å². The first-order chi connectivity index (χ1) is 10.1. The van der Waals surface area contributed by atoms with Crippen molar-refractivity contribution in [1.29, 1.82) is 0 Å². The first-order valence-electron chi connectivity index (χ1n) is 7.07. The number of benzene rings is 1. The number of aromatic nitrogens is 2. The molecule has 21 heavy (non-hydrogen) atoms. The van der Waals surface area contributed by atoms with Gasteiger partial charge >= 0.3 is 0 Å². The Bertz CT molecular complexity index is 661. The molecule has 0 fully saturated rings. The van der Waals surface area contributed by atoms with Gasteiger partial charge in [-0.3, -0.25) is 4.79 Å². The minimum Gasteiger partial charge on any atom is -0.393 e. The molecule has 0 spiro atoms. The van der Waals surface area contributed by atoms with E-state index in [0.717, 1.165) is 16.9 Å². The second kappa shape index (κ2) is 6.67. The van der Waals surface area contributed by atoms with E-state index >= 15 is 0 Å². The largest absolute Gasteiger partial charge is 0.393 e. The number of para-hydroxylation sites is 2. The summed E-state index contributed by atoms with van der Waals surface area (Å²) in [4.78, 5) is 19.1. The molecule has 0 radical (unpaired) electrons. The summed E-state index contributed by atoms with van der Waals surface area (Å²) >= 11 is 4.98. The Kier molecular flexibility index (Phi) is 4.90. The Morgan fingerprint density at radius 3 is 2.62 bits per heavy atom. The van der Waals surface area contributed by atoms with Gasteiger partial charge in [0.2, 0.25) is 5.91 Å². The Balaban J connectivity index is 2.40. The van der Waals surface area contributed by atoms with E-state index in [9.17, 15) is 4.79 Å². The van der Waals surface area contributed by atoms with Gasteiger partial charge in [0.15, 0.2) is 0 Å². The minimum atomic E-state index is 0.0762. The quantitative estimate of drug-likeness (QED) is 0.826. The number of nitrogens with two attached hydrogens (primary N) is 1. The molecule has 0 atom stereocenters. The Labute approximate surface area is 129 Å². The smallest absolute Gasteiger partial charge is 0.242 e. The molecule has 0 unspecified atom stereocenters. The van der Waals surface area contributed by atoms with E-state index in [1.807, 2.05) is 42.7 Å². The van der Waals surface area contributed by atoms with Crippen LogP contribution in [0.15, 0.2) is 24.3 Å². The monoisotopic (exact) mass is 304 g/mol. The molecule has 1 amide bonds. The third-order valence-corrected chi connectivity index (χ3v) is 3.62. The lowest BCUT2D eigenvalue weighted by Crippen LogP contribution is -2.34. The van der Waals surface area contributed by atoms with Gasteiger partial charge in [-0.2, -0.15) is 0 Å². The molecule has 2 aromatic rings. The van der Waals surface area contributed by atoms with Crippen LogP contribution in [0.2, 0.25) is 0 Å². The third kappa shape index (κ3) is 3.39. The normalized spacial score (nSPS) is 10.8. The highest BCUT2D eigenvalue weighted by molar-refractivity contribution is 7.80. The number of likely N-dealkylation sites (N-methyl/N-ethyl adjacent to an activating group) is 1. The van der Waals surface area contributed by atoms with E-state index in [-0.39, 0.29) is 12.5 Å². The van der Waals surface area contributed by atoms with Crippen molar-refractivity contribution in [2.24, 2.45) is 5.73 Å². The summed E-state index contributed by atoms with van der Waals surface area (Å²) in [5, 5.41) is 0. The van der Waals surface area contributed by atoms with Gasteiger partial charge in [-0.05, 0) is 26.0 Å². The molecule has 1 heterocycles. The topological polar surface area (TPSA) is 64.2 Å². The van der Waals surface area contributed by atoms with Gasteiger partial charge in [-0.15, -0.1) is 0 Å².